The summed E-state index contributed by atoms with van der Waals surface area (Å²) in [5.74, 6) is 0.132. The number of phenols is 1. The number of phenolic OH excluding ortho intramolecular Hbond substituents is 1. The highest BCUT2D eigenvalue weighted by Gasteiger charge is 2.25. The summed E-state index contributed by atoms with van der Waals surface area (Å²) in [6.45, 7) is 8.27. The number of benzene rings is 4. The summed E-state index contributed by atoms with van der Waals surface area (Å²) < 4.78 is 7.78. The zero-order valence-electron chi connectivity index (χ0n) is 23.2. The van der Waals surface area contributed by atoms with Crippen LogP contribution in [0.4, 0.5) is 0 Å². The molecule has 0 aromatic heterocycles. The van der Waals surface area contributed by atoms with Crippen molar-refractivity contribution in [2.24, 2.45) is 0 Å². The molecule has 4 rings (SSSR count). The largest absolute Gasteiger partial charge is 0.508 e. The van der Waals surface area contributed by atoms with Crippen molar-refractivity contribution in [1.29, 1.82) is 0 Å². The molecule has 4 aromatic carbocycles. The minimum atomic E-state index is -0.926. The van der Waals surface area contributed by atoms with Crippen LogP contribution >= 0.6 is 31.9 Å². The molecule has 8 heteroatoms. The van der Waals surface area contributed by atoms with Crippen molar-refractivity contribution < 1.29 is 24.5 Å². The Hall–Kier alpha value is -3.62. The normalized spacial score (nSPS) is 11.8. The lowest BCUT2D eigenvalue weighted by Gasteiger charge is -2.26. The first-order valence-corrected chi connectivity index (χ1v) is 14.7. The highest BCUT2D eigenvalue weighted by atomic mass is 79.9. The van der Waals surface area contributed by atoms with Crippen LogP contribution in [0.25, 0.3) is 0 Å². The van der Waals surface area contributed by atoms with Crippen LogP contribution in [0.5, 0.6) is 17.2 Å². The molecule has 0 bridgehead atoms. The van der Waals surface area contributed by atoms with Crippen molar-refractivity contribution in [3.63, 3.8) is 0 Å². The van der Waals surface area contributed by atoms with E-state index in [1.165, 1.54) is 12.1 Å². The molecule has 41 heavy (non-hydrogen) atoms. The lowest BCUT2D eigenvalue weighted by molar-refractivity contribution is -0.136. The maximum Gasteiger partial charge on any atom is 0.307 e. The van der Waals surface area contributed by atoms with E-state index < -0.39 is 12.0 Å². The van der Waals surface area contributed by atoms with Gasteiger partial charge in [0.15, 0.2) is 5.75 Å². The number of carbonyl (C=O) groups is 2. The van der Waals surface area contributed by atoms with Crippen LogP contribution in [0, 0.1) is 13.8 Å². The van der Waals surface area contributed by atoms with Gasteiger partial charge in [-0.25, -0.2) is 0 Å². The molecule has 4 aromatic rings. The molecule has 212 valence electrons. The van der Waals surface area contributed by atoms with Gasteiger partial charge in [-0.2, -0.15) is 0 Å². The third-order valence-corrected chi connectivity index (χ3v) is 7.92. The fourth-order valence-electron chi connectivity index (χ4n) is 4.78. The summed E-state index contributed by atoms with van der Waals surface area (Å²) in [7, 11) is 0. The molecule has 0 aliphatic carbocycles. The maximum absolute atomic E-state index is 13.5. The van der Waals surface area contributed by atoms with Gasteiger partial charge >= 0.3 is 5.97 Å². The second kappa shape index (κ2) is 12.9. The van der Waals surface area contributed by atoms with Crippen LogP contribution in [0.1, 0.15) is 69.5 Å². The average molecular weight is 681 g/mol. The van der Waals surface area contributed by atoms with Crippen molar-refractivity contribution in [3.8, 4) is 17.2 Å². The Balaban J connectivity index is 1.87. The summed E-state index contributed by atoms with van der Waals surface area (Å²) in [6, 6.07) is 21.0. The fourth-order valence-corrected chi connectivity index (χ4v) is 6.22. The number of rotatable bonds is 9. The summed E-state index contributed by atoms with van der Waals surface area (Å²) in [6.07, 6.45) is -0.122. The molecular formula is C33H31Br2NO5. The molecule has 0 aliphatic heterocycles. The predicted octanol–water partition coefficient (Wildman–Crippen LogP) is 8.60. The minimum absolute atomic E-state index is 0.0814. The van der Waals surface area contributed by atoms with Crippen molar-refractivity contribution in [1.82, 2.24) is 5.32 Å². The smallest absolute Gasteiger partial charge is 0.307 e. The Morgan fingerprint density at radius 1 is 0.902 bits per heavy atom. The molecule has 3 N–H and O–H groups in total. The number of nitrogens with one attached hydrogen (secondary N) is 1. The van der Waals surface area contributed by atoms with E-state index in [1.807, 2.05) is 44.2 Å². The second-order valence-corrected chi connectivity index (χ2v) is 12.0. The van der Waals surface area contributed by atoms with Gasteiger partial charge in [-0.3, -0.25) is 9.59 Å². The van der Waals surface area contributed by atoms with Crippen molar-refractivity contribution in [3.05, 3.63) is 121 Å². The molecule has 0 aliphatic rings. The quantitative estimate of drug-likeness (QED) is 0.165. The van der Waals surface area contributed by atoms with E-state index in [4.69, 9.17) is 4.74 Å². The molecule has 0 saturated heterocycles. The molecule has 0 spiro atoms. The Morgan fingerprint density at radius 3 is 2.15 bits per heavy atom. The number of halogens is 2. The number of ether oxygens (including phenoxy) is 1. The molecular weight excluding hydrogens is 650 g/mol. The van der Waals surface area contributed by atoms with Crippen molar-refractivity contribution >= 4 is 43.7 Å². The third-order valence-electron chi connectivity index (χ3n) is 6.74. The summed E-state index contributed by atoms with van der Waals surface area (Å²) >= 11 is 7.12. The zero-order chi connectivity index (χ0) is 29.8. The number of amides is 1. The van der Waals surface area contributed by atoms with Crippen LogP contribution in [0.3, 0.4) is 0 Å². The first kappa shape index (κ1) is 30.3. The van der Waals surface area contributed by atoms with E-state index >= 15 is 0 Å². The Labute approximate surface area is 256 Å². The third kappa shape index (κ3) is 7.37. The van der Waals surface area contributed by atoms with Crippen molar-refractivity contribution in [2.45, 2.75) is 46.1 Å². The van der Waals surface area contributed by atoms with Crippen LogP contribution in [-0.2, 0) is 11.2 Å². The second-order valence-electron chi connectivity index (χ2n) is 10.3. The molecule has 1 unspecified atom stereocenters. The summed E-state index contributed by atoms with van der Waals surface area (Å²) in [4.78, 5) is 24.7. The molecule has 0 radical (unpaired) electrons. The predicted molar refractivity (Wildman–Crippen MR) is 167 cm³/mol. The fraction of sp³-hybridized carbons (Fsp3) is 0.212. The first-order chi connectivity index (χ1) is 19.4. The zero-order valence-corrected chi connectivity index (χ0v) is 26.3. The van der Waals surface area contributed by atoms with E-state index in [2.05, 4.69) is 57.1 Å². The van der Waals surface area contributed by atoms with Crippen LogP contribution < -0.4 is 10.1 Å². The van der Waals surface area contributed by atoms with Crippen LogP contribution in [0.2, 0.25) is 0 Å². The lowest BCUT2D eigenvalue weighted by Crippen LogP contribution is -2.29. The molecule has 6 nitrogen and oxygen atoms in total. The number of carbonyl (C=O) groups excluding carboxylic acids is 1. The molecule has 0 saturated carbocycles. The van der Waals surface area contributed by atoms with E-state index in [0.717, 1.165) is 27.8 Å². The standard InChI is InChI=1S/C33H31Br2NO5/c1-18(2)25-17-29(41-32-27(34)14-21(15-28(32)35)16-30(38)39)26(13-20(25)4)31(23-7-5-6-19(3)12-23)36-33(40)22-8-10-24(37)11-9-22/h5-15,17-18,31,37H,16H2,1-4H3,(H,36,40)(H,38,39). The number of aromatic hydroxyl groups is 1. The number of hydrogen-bond donors (Lipinski definition) is 3. The number of carboxylic acids is 1. The van der Waals surface area contributed by atoms with E-state index in [1.54, 1.807) is 24.3 Å². The minimum Gasteiger partial charge on any atom is -0.508 e. The van der Waals surface area contributed by atoms with Crippen LogP contribution in [-0.4, -0.2) is 22.1 Å². The summed E-state index contributed by atoms with van der Waals surface area (Å²) in [5, 5.41) is 22.1. The van der Waals surface area contributed by atoms with Gasteiger partial charge in [-0.1, -0.05) is 43.7 Å². The number of hydrogen-bond acceptors (Lipinski definition) is 4. The molecule has 0 heterocycles. The van der Waals surface area contributed by atoms with Gasteiger partial charge in [0, 0.05) is 11.1 Å². The average Bonchev–Trinajstić information content (AvgIpc) is 2.89. The van der Waals surface area contributed by atoms with Gasteiger partial charge in [0.1, 0.15) is 11.5 Å². The van der Waals surface area contributed by atoms with E-state index in [-0.39, 0.29) is 24.0 Å². The lowest BCUT2D eigenvalue weighted by atomic mass is 9.90. The summed E-state index contributed by atoms with van der Waals surface area (Å²) in [5.41, 5.74) is 5.89. The highest BCUT2D eigenvalue weighted by molar-refractivity contribution is 9.11. The number of carboxylic acid groups (broad SMARTS) is 1. The molecule has 1 atom stereocenters. The molecule has 1 amide bonds. The molecule has 0 fully saturated rings. The first-order valence-electron chi connectivity index (χ1n) is 13.1. The van der Waals surface area contributed by atoms with Gasteiger partial charge in [0.2, 0.25) is 0 Å². The highest BCUT2D eigenvalue weighted by Crippen LogP contribution is 2.43. The van der Waals surface area contributed by atoms with Crippen molar-refractivity contribution in [2.75, 3.05) is 0 Å². The van der Waals surface area contributed by atoms with Gasteiger partial charge in [-0.05, 0) is 122 Å². The number of aliphatic carboxylic acids is 1. The number of aryl methyl sites for hydroxylation is 2. The Kier molecular flexibility index (Phi) is 9.56. The van der Waals surface area contributed by atoms with Gasteiger partial charge in [0.25, 0.3) is 5.91 Å². The monoisotopic (exact) mass is 679 g/mol. The Bertz CT molecular complexity index is 1580. The maximum atomic E-state index is 13.5. The Morgan fingerprint density at radius 2 is 1.56 bits per heavy atom. The topological polar surface area (TPSA) is 95.9 Å². The van der Waals surface area contributed by atoms with Gasteiger partial charge in [0.05, 0.1) is 21.4 Å². The van der Waals surface area contributed by atoms with E-state index in [9.17, 15) is 19.8 Å². The van der Waals surface area contributed by atoms with Gasteiger partial charge in [-0.15, -0.1) is 0 Å². The van der Waals surface area contributed by atoms with Crippen LogP contribution in [0.15, 0.2) is 81.7 Å². The van der Waals surface area contributed by atoms with Gasteiger partial charge < -0.3 is 20.3 Å². The van der Waals surface area contributed by atoms with E-state index in [0.29, 0.717) is 31.6 Å². The SMILES string of the molecule is Cc1cccc(C(NC(=O)c2ccc(O)cc2)c2cc(C)c(C(C)C)cc2Oc2c(Br)cc(CC(=O)O)cc2Br)c1.